The highest BCUT2D eigenvalue weighted by Gasteiger charge is 2.34. The second-order valence-electron chi connectivity index (χ2n) is 5.76. The number of hydrogen-bond donors (Lipinski definition) is 2. The van der Waals surface area contributed by atoms with Crippen molar-refractivity contribution in [3.8, 4) is 0 Å². The van der Waals surface area contributed by atoms with Crippen LogP contribution in [0.15, 0.2) is 33.6 Å². The summed E-state index contributed by atoms with van der Waals surface area (Å²) in [4.78, 5) is 24.5. The third-order valence-corrected chi connectivity index (χ3v) is 5.52. The van der Waals surface area contributed by atoms with E-state index in [0.717, 1.165) is 0 Å². The molecule has 8 nitrogen and oxygen atoms in total. The number of piperidine rings is 1. The van der Waals surface area contributed by atoms with Gasteiger partial charge in [-0.15, -0.1) is 4.40 Å². The van der Waals surface area contributed by atoms with E-state index in [1.54, 1.807) is 18.2 Å². The molecule has 9 heteroatoms. The highest BCUT2D eigenvalue weighted by atomic mass is 32.2. The molecule has 0 unspecified atom stereocenters. The molecule has 0 bridgehead atoms. The average molecular weight is 351 g/mol. The summed E-state index contributed by atoms with van der Waals surface area (Å²) in [6.45, 7) is 0.596. The number of carbonyl (C=O) groups excluding carboxylic acids is 1. The molecule has 0 atom stereocenters. The van der Waals surface area contributed by atoms with Crippen molar-refractivity contribution in [1.82, 2.24) is 10.2 Å². The van der Waals surface area contributed by atoms with Crippen molar-refractivity contribution in [2.45, 2.75) is 17.7 Å². The number of likely N-dealkylation sites (tertiary alicyclic amines) is 1. The number of fused-ring (bicyclic) bond motifs is 1. The zero-order valence-electron chi connectivity index (χ0n) is 12.8. The second kappa shape index (κ2) is 6.23. The predicted octanol–water partition coefficient (Wildman–Crippen LogP) is 0.0483. The van der Waals surface area contributed by atoms with E-state index < -0.39 is 22.5 Å². The number of carbonyl (C=O) groups is 2. The third-order valence-electron chi connectivity index (χ3n) is 4.19. The maximum atomic E-state index is 12.1. The lowest BCUT2D eigenvalue weighted by Gasteiger charge is -2.32. The van der Waals surface area contributed by atoms with E-state index >= 15 is 0 Å². The number of benzene rings is 1. The number of sulfonamides is 1. The Bertz CT molecular complexity index is 810. The van der Waals surface area contributed by atoms with Gasteiger partial charge in [-0.2, -0.15) is 8.42 Å². The standard InChI is InChI=1S/C15H17N3O5S/c19-13(20)9-16-15(21)10-5-7-18(8-6-10)14-11-3-1-2-4-12(11)24(22,23)17-14/h1-4,10H,5-9H2,(H,16,21)(H,19,20). The van der Waals surface area contributed by atoms with E-state index in [9.17, 15) is 18.0 Å². The van der Waals surface area contributed by atoms with E-state index in [1.807, 2.05) is 4.90 Å². The summed E-state index contributed by atoms with van der Waals surface area (Å²) in [7, 11) is -3.65. The molecule has 0 aromatic heterocycles. The summed E-state index contributed by atoms with van der Waals surface area (Å²) in [6.07, 6.45) is 1.04. The fraction of sp³-hybridized carbons (Fsp3) is 0.400. The van der Waals surface area contributed by atoms with Gasteiger partial charge in [0, 0.05) is 24.6 Å². The molecule has 1 amide bonds. The van der Waals surface area contributed by atoms with Gasteiger partial charge < -0.3 is 15.3 Å². The largest absolute Gasteiger partial charge is 0.480 e. The SMILES string of the molecule is O=C(O)CNC(=O)C1CCN(C2=NS(=O)(=O)c3ccccc32)CC1. The summed E-state index contributed by atoms with van der Waals surface area (Å²) in [5, 5.41) is 11.0. The normalized spacial score (nSPS) is 19.5. The lowest BCUT2D eigenvalue weighted by atomic mass is 9.95. The number of hydrogen-bond acceptors (Lipinski definition) is 5. The number of carboxylic acids is 1. The van der Waals surface area contributed by atoms with Gasteiger partial charge in [-0.25, -0.2) is 0 Å². The Morgan fingerprint density at radius 2 is 1.92 bits per heavy atom. The molecule has 1 fully saturated rings. The minimum Gasteiger partial charge on any atom is -0.480 e. The zero-order chi connectivity index (χ0) is 17.3. The third kappa shape index (κ3) is 3.12. The lowest BCUT2D eigenvalue weighted by Crippen LogP contribution is -2.43. The van der Waals surface area contributed by atoms with Crippen LogP contribution < -0.4 is 5.32 Å². The van der Waals surface area contributed by atoms with Gasteiger partial charge >= 0.3 is 5.97 Å². The van der Waals surface area contributed by atoms with Gasteiger partial charge in [0.25, 0.3) is 10.0 Å². The van der Waals surface area contributed by atoms with Gasteiger partial charge in [-0.05, 0) is 25.0 Å². The summed E-state index contributed by atoms with van der Waals surface area (Å²) in [6, 6.07) is 6.69. The molecule has 24 heavy (non-hydrogen) atoms. The summed E-state index contributed by atoms with van der Waals surface area (Å²) < 4.78 is 28.1. The van der Waals surface area contributed by atoms with E-state index in [0.29, 0.717) is 37.3 Å². The maximum absolute atomic E-state index is 12.1. The van der Waals surface area contributed by atoms with Crippen molar-refractivity contribution in [3.63, 3.8) is 0 Å². The first-order valence-electron chi connectivity index (χ1n) is 7.57. The zero-order valence-corrected chi connectivity index (χ0v) is 13.6. The van der Waals surface area contributed by atoms with Crippen molar-refractivity contribution in [1.29, 1.82) is 0 Å². The first kappa shape index (κ1) is 16.4. The summed E-state index contributed by atoms with van der Waals surface area (Å²) >= 11 is 0. The van der Waals surface area contributed by atoms with Gasteiger partial charge in [0.1, 0.15) is 11.4 Å². The van der Waals surface area contributed by atoms with Crippen LogP contribution in [-0.4, -0.2) is 55.8 Å². The Morgan fingerprint density at radius 3 is 2.58 bits per heavy atom. The molecule has 0 spiro atoms. The number of amides is 1. The number of nitrogens with one attached hydrogen (secondary N) is 1. The monoisotopic (exact) mass is 351 g/mol. The van der Waals surface area contributed by atoms with Crippen LogP contribution in [0.2, 0.25) is 0 Å². The van der Waals surface area contributed by atoms with E-state index in [1.165, 1.54) is 6.07 Å². The fourth-order valence-electron chi connectivity index (χ4n) is 2.98. The van der Waals surface area contributed by atoms with Crippen molar-refractivity contribution in [3.05, 3.63) is 29.8 Å². The Morgan fingerprint density at radius 1 is 1.25 bits per heavy atom. The first-order valence-corrected chi connectivity index (χ1v) is 9.01. The topological polar surface area (TPSA) is 116 Å². The highest BCUT2D eigenvalue weighted by Crippen LogP contribution is 2.29. The van der Waals surface area contributed by atoms with Crippen LogP contribution in [0.1, 0.15) is 18.4 Å². The first-order chi connectivity index (χ1) is 11.4. The number of amidine groups is 1. The lowest BCUT2D eigenvalue weighted by molar-refractivity contribution is -0.138. The molecule has 1 aromatic rings. The molecule has 2 N–H and O–H groups in total. The van der Waals surface area contributed by atoms with E-state index in [4.69, 9.17) is 5.11 Å². The van der Waals surface area contributed by atoms with Gasteiger partial charge in [-0.3, -0.25) is 9.59 Å². The molecule has 2 aliphatic heterocycles. The minimum absolute atomic E-state index is 0.210. The fourth-order valence-corrected chi connectivity index (χ4v) is 4.20. The second-order valence-corrected chi connectivity index (χ2v) is 7.33. The molecule has 128 valence electrons. The van der Waals surface area contributed by atoms with Crippen LogP contribution in [0.5, 0.6) is 0 Å². The number of carboxylic acid groups (broad SMARTS) is 1. The molecule has 2 aliphatic rings. The Hall–Kier alpha value is -2.42. The maximum Gasteiger partial charge on any atom is 0.322 e. The van der Waals surface area contributed by atoms with Crippen molar-refractivity contribution < 1.29 is 23.1 Å². The quantitative estimate of drug-likeness (QED) is 0.795. The molecule has 2 heterocycles. The Labute approximate surface area is 139 Å². The van der Waals surface area contributed by atoms with Gasteiger partial charge in [0.05, 0.1) is 0 Å². The van der Waals surface area contributed by atoms with Crippen molar-refractivity contribution >= 4 is 27.7 Å². The van der Waals surface area contributed by atoms with Crippen LogP contribution in [0.3, 0.4) is 0 Å². The highest BCUT2D eigenvalue weighted by molar-refractivity contribution is 7.90. The van der Waals surface area contributed by atoms with Crippen molar-refractivity contribution in [2.24, 2.45) is 10.3 Å². The summed E-state index contributed by atoms with van der Waals surface area (Å²) in [5.41, 5.74) is 0.589. The molecule has 0 radical (unpaired) electrons. The van der Waals surface area contributed by atoms with Gasteiger partial charge in [0.2, 0.25) is 5.91 Å². The van der Waals surface area contributed by atoms with Gasteiger partial charge in [-0.1, -0.05) is 12.1 Å². The number of aliphatic carboxylic acids is 1. The van der Waals surface area contributed by atoms with E-state index in [2.05, 4.69) is 9.71 Å². The number of rotatable bonds is 3. The summed E-state index contributed by atoms with van der Waals surface area (Å²) in [5.74, 6) is -1.20. The molecule has 0 saturated carbocycles. The molecule has 3 rings (SSSR count). The number of nitrogens with zero attached hydrogens (tertiary/aromatic N) is 2. The van der Waals surface area contributed by atoms with Crippen LogP contribution >= 0.6 is 0 Å². The van der Waals surface area contributed by atoms with Crippen LogP contribution in [0.25, 0.3) is 0 Å². The van der Waals surface area contributed by atoms with Crippen molar-refractivity contribution in [2.75, 3.05) is 19.6 Å². The smallest absolute Gasteiger partial charge is 0.322 e. The van der Waals surface area contributed by atoms with E-state index in [-0.39, 0.29) is 16.7 Å². The molecule has 1 aromatic carbocycles. The molecule has 1 saturated heterocycles. The Balaban J connectivity index is 1.68. The van der Waals surface area contributed by atoms with Crippen LogP contribution in [-0.2, 0) is 19.6 Å². The van der Waals surface area contributed by atoms with Crippen LogP contribution in [0.4, 0.5) is 0 Å². The predicted molar refractivity (Wildman–Crippen MR) is 85.1 cm³/mol. The minimum atomic E-state index is -3.65. The molecular weight excluding hydrogens is 334 g/mol. The molecule has 0 aliphatic carbocycles. The average Bonchev–Trinajstić information content (AvgIpc) is 2.85. The van der Waals surface area contributed by atoms with Gasteiger partial charge in [0.15, 0.2) is 5.84 Å². The van der Waals surface area contributed by atoms with Crippen LogP contribution in [0, 0.1) is 5.92 Å². The molecular formula is C15H17N3O5S. The Kier molecular flexibility index (Phi) is 4.27.